The summed E-state index contributed by atoms with van der Waals surface area (Å²) in [6.07, 6.45) is 1.19. The zero-order chi connectivity index (χ0) is 18.5. The van der Waals surface area contributed by atoms with Crippen LogP contribution in [0.25, 0.3) is 21.5 Å². The van der Waals surface area contributed by atoms with Gasteiger partial charge in [-0.3, -0.25) is 4.79 Å². The van der Waals surface area contributed by atoms with Gasteiger partial charge in [0.15, 0.2) is 9.84 Å². The number of hydrogen-bond donors (Lipinski definition) is 2. The maximum Gasteiger partial charge on any atom is 0.258 e. The highest BCUT2D eigenvalue weighted by atomic mass is 32.2. The molecule has 0 atom stereocenters. The van der Waals surface area contributed by atoms with Crippen LogP contribution >= 0.6 is 11.3 Å². The molecule has 1 aliphatic heterocycles. The smallest absolute Gasteiger partial charge is 0.258 e. The second kappa shape index (κ2) is 5.93. The molecule has 3 aromatic rings. The van der Waals surface area contributed by atoms with Crippen molar-refractivity contribution in [3.05, 3.63) is 58.6 Å². The van der Waals surface area contributed by atoms with Crippen molar-refractivity contribution in [3.8, 4) is 0 Å². The highest BCUT2D eigenvalue weighted by Crippen LogP contribution is 2.41. The Morgan fingerprint density at radius 2 is 1.92 bits per heavy atom. The van der Waals surface area contributed by atoms with Gasteiger partial charge in [0, 0.05) is 11.8 Å². The highest BCUT2D eigenvalue weighted by Gasteiger charge is 2.30. The zero-order valence-corrected chi connectivity index (χ0v) is 15.4. The summed E-state index contributed by atoms with van der Waals surface area (Å²) in [7, 11) is -3.11. The van der Waals surface area contributed by atoms with Crippen molar-refractivity contribution >= 4 is 54.3 Å². The molecule has 0 bridgehead atoms. The number of aromatic nitrogens is 1. The second-order valence-corrected chi connectivity index (χ2v) is 9.19. The molecule has 4 rings (SSSR count). The average molecular weight is 385 g/mol. The van der Waals surface area contributed by atoms with E-state index in [-0.39, 0.29) is 11.7 Å². The molecule has 26 heavy (non-hydrogen) atoms. The number of nitrogens with one attached hydrogen (secondary N) is 1. The predicted molar refractivity (Wildman–Crippen MR) is 104 cm³/mol. The average Bonchev–Trinajstić information content (AvgIpc) is 3.16. The summed E-state index contributed by atoms with van der Waals surface area (Å²) in [6, 6.07) is 10.6. The number of nitrogens with zero attached hydrogens (tertiary/aromatic N) is 1. The van der Waals surface area contributed by atoms with Crippen LogP contribution < -0.4 is 11.1 Å². The fraction of sp³-hybridized carbons (Fsp3) is 0.111. The van der Waals surface area contributed by atoms with Gasteiger partial charge in [0.05, 0.1) is 38.4 Å². The Labute approximate surface area is 154 Å². The summed E-state index contributed by atoms with van der Waals surface area (Å²) in [5.74, 6) is -0.284. The Morgan fingerprint density at radius 1 is 1.19 bits per heavy atom. The Morgan fingerprint density at radius 3 is 2.62 bits per heavy atom. The Bertz CT molecular complexity index is 1180. The molecule has 0 spiro atoms. The van der Waals surface area contributed by atoms with Gasteiger partial charge in [-0.15, -0.1) is 11.3 Å². The van der Waals surface area contributed by atoms with Crippen LogP contribution in [0.15, 0.2) is 41.9 Å². The van der Waals surface area contributed by atoms with Crippen molar-refractivity contribution in [2.75, 3.05) is 11.6 Å². The molecular formula is C18H15N3O3S2. The fourth-order valence-corrected chi connectivity index (χ4v) is 4.70. The van der Waals surface area contributed by atoms with Crippen LogP contribution in [0.3, 0.4) is 0 Å². The van der Waals surface area contributed by atoms with Crippen molar-refractivity contribution in [1.82, 2.24) is 4.98 Å². The first-order valence-corrected chi connectivity index (χ1v) is 10.7. The number of hydrogen-bond acceptors (Lipinski definition) is 6. The maximum atomic E-state index is 12.5. The van der Waals surface area contributed by atoms with Gasteiger partial charge in [-0.1, -0.05) is 24.3 Å². The number of benzene rings is 2. The molecule has 6 nitrogen and oxygen atoms in total. The van der Waals surface area contributed by atoms with Gasteiger partial charge in [-0.2, -0.15) is 0 Å². The van der Waals surface area contributed by atoms with Crippen molar-refractivity contribution in [2.24, 2.45) is 5.73 Å². The molecule has 0 unspecified atom stereocenters. The molecule has 2 aromatic carbocycles. The van der Waals surface area contributed by atoms with Crippen molar-refractivity contribution in [2.45, 2.75) is 5.75 Å². The lowest BCUT2D eigenvalue weighted by atomic mass is 10.00. The van der Waals surface area contributed by atoms with Crippen LogP contribution in [0, 0.1) is 0 Å². The zero-order valence-electron chi connectivity index (χ0n) is 13.8. The number of amides is 1. The molecule has 8 heteroatoms. The van der Waals surface area contributed by atoms with E-state index in [1.165, 1.54) is 17.6 Å². The minimum Gasteiger partial charge on any atom is -0.398 e. The summed E-state index contributed by atoms with van der Waals surface area (Å²) in [6.45, 7) is 0. The molecule has 1 aliphatic rings. The molecular weight excluding hydrogens is 370 g/mol. The number of nitrogens with two attached hydrogens (primary N) is 1. The summed E-state index contributed by atoms with van der Waals surface area (Å²) < 4.78 is 23.7. The predicted octanol–water partition coefficient (Wildman–Crippen LogP) is 2.62. The van der Waals surface area contributed by atoms with Crippen molar-refractivity contribution < 1.29 is 13.2 Å². The molecule has 0 saturated heterocycles. The third kappa shape index (κ3) is 2.87. The largest absolute Gasteiger partial charge is 0.398 e. The van der Waals surface area contributed by atoms with Gasteiger partial charge < -0.3 is 11.1 Å². The minimum atomic E-state index is -3.11. The van der Waals surface area contributed by atoms with Crippen LogP contribution in [0.5, 0.6) is 0 Å². The summed E-state index contributed by atoms with van der Waals surface area (Å²) >= 11 is 1.46. The Hall–Kier alpha value is -2.71. The van der Waals surface area contributed by atoms with Crippen LogP contribution in [-0.2, 0) is 20.4 Å². The number of fused-ring (bicyclic) bond motifs is 3. The van der Waals surface area contributed by atoms with E-state index >= 15 is 0 Å². The van der Waals surface area contributed by atoms with E-state index in [4.69, 9.17) is 5.73 Å². The first kappa shape index (κ1) is 16.7. The highest BCUT2D eigenvalue weighted by molar-refractivity contribution is 7.89. The van der Waals surface area contributed by atoms with Crippen molar-refractivity contribution in [1.29, 1.82) is 0 Å². The summed E-state index contributed by atoms with van der Waals surface area (Å²) in [5, 5.41) is 2.85. The van der Waals surface area contributed by atoms with Crippen LogP contribution in [0.2, 0.25) is 0 Å². The van der Waals surface area contributed by atoms with Crippen molar-refractivity contribution in [3.63, 3.8) is 0 Å². The maximum absolute atomic E-state index is 12.5. The SMILES string of the molecule is CS(=O)(=O)Cc1ccc(/C(N)=C2\C(=O)Nc3ccc4ncsc4c32)cc1. The molecule has 0 fully saturated rings. The standard InChI is InChI=1S/C18H15N3O3S2/c1-26(23,24)8-10-2-4-11(5-3-10)16(19)15-14-12(21-18(15)22)6-7-13-17(14)25-9-20-13/h2-7,9H,8,19H2,1H3,(H,21,22)/b16-15+. The molecule has 2 heterocycles. The van der Waals surface area contributed by atoms with Gasteiger partial charge in [-0.05, 0) is 23.3 Å². The Kier molecular flexibility index (Phi) is 3.82. The third-order valence-corrected chi connectivity index (χ3v) is 5.91. The number of rotatable bonds is 3. The fourth-order valence-electron chi connectivity index (χ4n) is 3.06. The first-order chi connectivity index (χ1) is 12.3. The van der Waals surface area contributed by atoms with Gasteiger partial charge in [-0.25, -0.2) is 13.4 Å². The van der Waals surface area contributed by atoms with Gasteiger partial charge in [0.25, 0.3) is 5.91 Å². The van der Waals surface area contributed by atoms with E-state index in [2.05, 4.69) is 10.3 Å². The molecule has 132 valence electrons. The van der Waals surface area contributed by atoms with Crippen LogP contribution in [0.4, 0.5) is 5.69 Å². The van der Waals surface area contributed by atoms with Crippen LogP contribution in [0.1, 0.15) is 16.7 Å². The summed E-state index contributed by atoms with van der Waals surface area (Å²) in [5.41, 5.74) is 12.5. The lowest BCUT2D eigenvalue weighted by Crippen LogP contribution is -2.10. The van der Waals surface area contributed by atoms with E-state index in [1.54, 1.807) is 29.8 Å². The number of anilines is 1. The number of carbonyl (C=O) groups is 1. The van der Waals surface area contributed by atoms with Gasteiger partial charge in [0.2, 0.25) is 0 Å². The third-order valence-electron chi connectivity index (χ3n) is 4.19. The van der Waals surface area contributed by atoms with Gasteiger partial charge in [0.1, 0.15) is 0 Å². The lowest BCUT2D eigenvalue weighted by molar-refractivity contribution is -0.110. The quantitative estimate of drug-likeness (QED) is 0.675. The normalized spacial score (nSPS) is 15.8. The summed E-state index contributed by atoms with van der Waals surface area (Å²) in [4.78, 5) is 16.8. The molecule has 0 saturated carbocycles. The molecule has 0 radical (unpaired) electrons. The number of sulfone groups is 1. The minimum absolute atomic E-state index is 0.0332. The van der Waals surface area contributed by atoms with E-state index < -0.39 is 9.84 Å². The molecule has 1 aromatic heterocycles. The second-order valence-electron chi connectivity index (χ2n) is 6.20. The van der Waals surface area contributed by atoms with E-state index in [0.29, 0.717) is 22.4 Å². The monoisotopic (exact) mass is 385 g/mol. The topological polar surface area (TPSA) is 102 Å². The van der Waals surface area contributed by atoms with E-state index in [0.717, 1.165) is 21.5 Å². The van der Waals surface area contributed by atoms with E-state index in [1.807, 2.05) is 12.1 Å². The van der Waals surface area contributed by atoms with Gasteiger partial charge >= 0.3 is 0 Å². The molecule has 3 N–H and O–H groups in total. The molecule has 1 amide bonds. The first-order valence-electron chi connectivity index (χ1n) is 7.78. The Balaban J connectivity index is 1.82. The lowest BCUT2D eigenvalue weighted by Gasteiger charge is -2.08. The number of thiazole rings is 1. The van der Waals surface area contributed by atoms with Crippen LogP contribution in [-0.4, -0.2) is 25.6 Å². The van der Waals surface area contributed by atoms with E-state index in [9.17, 15) is 13.2 Å². The molecule has 0 aliphatic carbocycles. The number of carbonyl (C=O) groups excluding carboxylic acids is 1.